The number of alkyl halides is 1. The topological polar surface area (TPSA) is 50.3 Å². The molecular formula is C11H14BrFN2O2S. The minimum absolute atomic E-state index is 0.142. The predicted octanol–water partition coefficient (Wildman–Crippen LogP) is 2.01. The van der Waals surface area contributed by atoms with Crippen LogP contribution in [-0.2, 0) is 10.0 Å². The number of rotatable bonds is 3. The minimum atomic E-state index is -3.85. The molecule has 2 rings (SSSR count). The van der Waals surface area contributed by atoms with Crippen LogP contribution < -0.4 is 0 Å². The van der Waals surface area contributed by atoms with Gasteiger partial charge in [0.25, 0.3) is 10.0 Å². The quantitative estimate of drug-likeness (QED) is 0.793. The minimum Gasteiger partial charge on any atom is -0.241 e. The van der Waals surface area contributed by atoms with Gasteiger partial charge in [-0.15, -0.1) is 0 Å². The van der Waals surface area contributed by atoms with Crippen molar-refractivity contribution in [2.24, 2.45) is 5.92 Å². The number of hydrogen-bond acceptors (Lipinski definition) is 3. The lowest BCUT2D eigenvalue weighted by molar-refractivity contribution is 0.374. The maximum atomic E-state index is 13.6. The predicted molar refractivity (Wildman–Crippen MR) is 69.4 cm³/mol. The highest BCUT2D eigenvalue weighted by molar-refractivity contribution is 9.09. The van der Waals surface area contributed by atoms with Gasteiger partial charge in [-0.2, -0.15) is 4.31 Å². The zero-order valence-electron chi connectivity index (χ0n) is 9.88. The maximum Gasteiger partial charge on any atom is 0.263 e. The molecule has 0 spiro atoms. The van der Waals surface area contributed by atoms with Crippen LogP contribution in [-0.4, -0.2) is 35.6 Å². The number of hydrogen-bond donors (Lipinski definition) is 0. The van der Waals surface area contributed by atoms with Crippen LogP contribution in [0.4, 0.5) is 4.39 Å². The van der Waals surface area contributed by atoms with E-state index in [0.717, 1.165) is 12.5 Å². The number of aromatic nitrogens is 1. The molecule has 0 amide bonds. The van der Waals surface area contributed by atoms with Crippen molar-refractivity contribution in [3.8, 4) is 0 Å². The van der Waals surface area contributed by atoms with Crippen LogP contribution in [0.2, 0.25) is 0 Å². The molecule has 1 aliphatic heterocycles. The van der Waals surface area contributed by atoms with Crippen molar-refractivity contribution in [3.05, 3.63) is 24.1 Å². The maximum absolute atomic E-state index is 13.6. The van der Waals surface area contributed by atoms with Crippen LogP contribution >= 0.6 is 15.9 Å². The fourth-order valence-corrected chi connectivity index (χ4v) is 5.07. The van der Waals surface area contributed by atoms with Crippen molar-refractivity contribution in [2.45, 2.75) is 24.4 Å². The summed E-state index contributed by atoms with van der Waals surface area (Å²) in [5, 5.41) is 0.0621. The summed E-state index contributed by atoms with van der Waals surface area (Å²) < 4.78 is 39.7. The summed E-state index contributed by atoms with van der Waals surface area (Å²) in [6, 6.07) is 2.35. The Morgan fingerprint density at radius 2 is 2.33 bits per heavy atom. The van der Waals surface area contributed by atoms with Gasteiger partial charge in [0.2, 0.25) is 5.03 Å². The van der Waals surface area contributed by atoms with Gasteiger partial charge in [0.05, 0.1) is 0 Å². The third-order valence-electron chi connectivity index (χ3n) is 3.27. The first kappa shape index (κ1) is 13.9. The first-order valence-electron chi connectivity index (χ1n) is 5.67. The van der Waals surface area contributed by atoms with E-state index >= 15 is 0 Å². The third-order valence-corrected chi connectivity index (χ3v) is 5.79. The second-order valence-electron chi connectivity index (χ2n) is 4.39. The van der Waals surface area contributed by atoms with Gasteiger partial charge in [-0.3, -0.25) is 0 Å². The van der Waals surface area contributed by atoms with Gasteiger partial charge >= 0.3 is 0 Å². The van der Waals surface area contributed by atoms with Crippen LogP contribution in [0, 0.1) is 11.7 Å². The lowest BCUT2D eigenvalue weighted by atomic mass is 10.1. The number of nitrogens with zero attached hydrogens (tertiary/aromatic N) is 2. The molecule has 2 unspecified atom stereocenters. The molecule has 2 atom stereocenters. The first-order valence-corrected chi connectivity index (χ1v) is 8.23. The largest absolute Gasteiger partial charge is 0.263 e. The van der Waals surface area contributed by atoms with Crippen LogP contribution in [0.5, 0.6) is 0 Å². The van der Waals surface area contributed by atoms with Gasteiger partial charge < -0.3 is 0 Å². The van der Waals surface area contributed by atoms with E-state index in [9.17, 15) is 12.8 Å². The van der Waals surface area contributed by atoms with Crippen molar-refractivity contribution in [2.75, 3.05) is 11.9 Å². The molecule has 0 aliphatic carbocycles. The Balaban J connectivity index is 2.41. The van der Waals surface area contributed by atoms with Crippen LogP contribution in [0.15, 0.2) is 23.4 Å². The lowest BCUT2D eigenvalue weighted by Crippen LogP contribution is -2.39. The smallest absolute Gasteiger partial charge is 0.241 e. The van der Waals surface area contributed by atoms with Gasteiger partial charge in [0.15, 0.2) is 5.82 Å². The summed E-state index contributed by atoms with van der Waals surface area (Å²) in [7, 11) is -3.85. The molecule has 0 aromatic carbocycles. The van der Waals surface area contributed by atoms with E-state index in [4.69, 9.17) is 0 Å². The molecule has 100 valence electrons. The van der Waals surface area contributed by atoms with Crippen molar-refractivity contribution in [3.63, 3.8) is 0 Å². The number of halogens is 2. The van der Waals surface area contributed by atoms with Crippen molar-refractivity contribution >= 4 is 26.0 Å². The second kappa shape index (κ2) is 5.22. The van der Waals surface area contributed by atoms with Gasteiger partial charge in [-0.1, -0.05) is 22.9 Å². The van der Waals surface area contributed by atoms with Crippen molar-refractivity contribution in [1.29, 1.82) is 0 Å². The zero-order chi connectivity index (χ0) is 13.3. The molecule has 0 N–H and O–H groups in total. The summed E-state index contributed by atoms with van der Waals surface area (Å²) in [5.74, 6) is -0.545. The molecular weight excluding hydrogens is 323 g/mol. The van der Waals surface area contributed by atoms with E-state index in [1.54, 1.807) is 0 Å². The summed E-state index contributed by atoms with van der Waals surface area (Å²) in [5.41, 5.74) is 0. The molecule has 1 aromatic rings. The number of pyridine rings is 1. The van der Waals surface area contributed by atoms with Gasteiger partial charge in [0.1, 0.15) is 0 Å². The van der Waals surface area contributed by atoms with Gasteiger partial charge in [-0.05, 0) is 24.5 Å². The molecule has 0 radical (unpaired) electrons. The molecule has 2 heterocycles. The molecule has 0 bridgehead atoms. The Morgan fingerprint density at radius 1 is 1.61 bits per heavy atom. The molecule has 1 fully saturated rings. The molecule has 1 saturated heterocycles. The molecule has 1 aromatic heterocycles. The molecule has 1 aliphatic rings. The summed E-state index contributed by atoms with van der Waals surface area (Å²) in [6.45, 7) is 2.41. The molecule has 18 heavy (non-hydrogen) atoms. The van der Waals surface area contributed by atoms with Crippen LogP contribution in [0.25, 0.3) is 0 Å². The highest BCUT2D eigenvalue weighted by Gasteiger charge is 2.40. The molecule has 7 heteroatoms. The summed E-state index contributed by atoms with van der Waals surface area (Å²) >= 11 is 3.32. The lowest BCUT2D eigenvalue weighted by Gasteiger charge is -2.24. The fourth-order valence-electron chi connectivity index (χ4n) is 2.17. The first-order chi connectivity index (χ1) is 8.48. The van der Waals surface area contributed by atoms with E-state index in [1.807, 2.05) is 6.92 Å². The monoisotopic (exact) mass is 336 g/mol. The number of sulfonamides is 1. The Bertz CT molecular complexity index is 538. The highest BCUT2D eigenvalue weighted by Crippen LogP contribution is 2.31. The van der Waals surface area contributed by atoms with E-state index < -0.39 is 20.9 Å². The van der Waals surface area contributed by atoms with Crippen LogP contribution in [0.3, 0.4) is 0 Å². The van der Waals surface area contributed by atoms with Crippen molar-refractivity contribution < 1.29 is 12.8 Å². The Morgan fingerprint density at radius 3 is 2.94 bits per heavy atom. The Kier molecular flexibility index (Phi) is 4.03. The average Bonchev–Trinajstić information content (AvgIpc) is 2.71. The van der Waals surface area contributed by atoms with E-state index in [-0.39, 0.29) is 12.0 Å². The normalized spacial score (nSPS) is 25.5. The average molecular weight is 337 g/mol. The fraction of sp³-hybridized carbons (Fsp3) is 0.545. The van der Waals surface area contributed by atoms with E-state index in [0.29, 0.717) is 11.9 Å². The van der Waals surface area contributed by atoms with E-state index in [1.165, 1.54) is 16.6 Å². The molecule has 0 saturated carbocycles. The second-order valence-corrected chi connectivity index (χ2v) is 6.85. The van der Waals surface area contributed by atoms with E-state index in [2.05, 4.69) is 20.9 Å². The summed E-state index contributed by atoms with van der Waals surface area (Å²) in [6.07, 6.45) is 2.07. The Hall–Kier alpha value is -0.530. The summed E-state index contributed by atoms with van der Waals surface area (Å²) in [4.78, 5) is 3.67. The molecule has 4 nitrogen and oxygen atoms in total. The Labute approximate surface area is 114 Å². The SMILES string of the molecule is CC1CCN(S(=O)(=O)c2ncccc2F)C1CBr. The standard InChI is InChI=1S/C11H14BrFN2O2S/c1-8-4-6-15(10(8)7-12)18(16,17)11-9(13)3-2-5-14-11/h2-3,5,8,10H,4,6-7H2,1H3. The van der Waals surface area contributed by atoms with Crippen LogP contribution in [0.1, 0.15) is 13.3 Å². The third kappa shape index (κ3) is 2.31. The highest BCUT2D eigenvalue weighted by atomic mass is 79.9. The zero-order valence-corrected chi connectivity index (χ0v) is 12.3. The van der Waals surface area contributed by atoms with Gasteiger partial charge in [-0.25, -0.2) is 17.8 Å². The van der Waals surface area contributed by atoms with Crippen molar-refractivity contribution in [1.82, 2.24) is 9.29 Å². The van der Waals surface area contributed by atoms with Gasteiger partial charge in [0, 0.05) is 24.1 Å².